The molecule has 1 fully saturated rings. The van der Waals surface area contributed by atoms with Gasteiger partial charge in [-0.3, -0.25) is 4.90 Å². The van der Waals surface area contributed by atoms with Crippen LogP contribution in [0.15, 0.2) is 16.8 Å². The van der Waals surface area contributed by atoms with Crippen molar-refractivity contribution in [2.24, 2.45) is 0 Å². The van der Waals surface area contributed by atoms with Crippen LogP contribution >= 0.6 is 11.3 Å². The van der Waals surface area contributed by atoms with Gasteiger partial charge in [0, 0.05) is 25.6 Å². The Labute approximate surface area is 88.8 Å². The highest BCUT2D eigenvalue weighted by Crippen LogP contribution is 2.28. The van der Waals surface area contributed by atoms with Gasteiger partial charge in [0.15, 0.2) is 0 Å². The molecule has 0 spiro atoms. The van der Waals surface area contributed by atoms with E-state index >= 15 is 0 Å². The van der Waals surface area contributed by atoms with Crippen LogP contribution in [0.3, 0.4) is 0 Å². The van der Waals surface area contributed by atoms with Gasteiger partial charge in [-0.05, 0) is 35.2 Å². The maximum Gasteiger partial charge on any atom is 0.0635 e. The topological polar surface area (TPSA) is 27.0 Å². The van der Waals surface area contributed by atoms with E-state index in [-0.39, 0.29) is 0 Å². The van der Waals surface area contributed by atoms with Crippen LogP contribution < -0.4 is 0 Å². The smallest absolute Gasteiger partial charge is 0.0635 e. The average molecular weight is 206 g/mol. The first kappa shape index (κ1) is 9.70. The van der Waals surface area contributed by atoms with Crippen LogP contribution in [0.5, 0.6) is 0 Å². The summed E-state index contributed by atoms with van der Waals surface area (Å²) in [4.78, 5) is 2.44. The molecule has 0 radical (unpaired) electrons. The molecule has 3 heteroatoms. The van der Waals surface area contributed by atoms with Crippen LogP contribution in [-0.4, -0.2) is 17.5 Å². The van der Waals surface area contributed by atoms with Crippen LogP contribution in [0.2, 0.25) is 0 Å². The van der Waals surface area contributed by atoms with E-state index in [9.17, 15) is 0 Å². The minimum Gasteiger partial charge on any atom is -0.295 e. The third-order valence-corrected chi connectivity index (χ3v) is 3.27. The normalized spacial score (nSPS) is 15.7. The lowest BCUT2D eigenvalue weighted by Crippen LogP contribution is -2.26. The molecule has 1 aliphatic carbocycles. The van der Waals surface area contributed by atoms with Crippen LogP contribution in [0.1, 0.15) is 24.8 Å². The van der Waals surface area contributed by atoms with Crippen LogP contribution in [-0.2, 0) is 6.54 Å². The van der Waals surface area contributed by atoms with Gasteiger partial charge in [-0.15, -0.1) is 0 Å². The summed E-state index contributed by atoms with van der Waals surface area (Å²) in [6.45, 7) is 1.95. The number of rotatable bonds is 5. The molecule has 0 amide bonds. The minimum absolute atomic E-state index is 0.653. The summed E-state index contributed by atoms with van der Waals surface area (Å²) in [5, 5.41) is 12.9. The average Bonchev–Trinajstić information content (AvgIpc) is 2.92. The summed E-state index contributed by atoms with van der Waals surface area (Å²) >= 11 is 1.75. The molecule has 1 saturated carbocycles. The molecule has 0 saturated heterocycles. The predicted molar refractivity (Wildman–Crippen MR) is 58.0 cm³/mol. The van der Waals surface area contributed by atoms with Crippen molar-refractivity contribution in [3.8, 4) is 6.07 Å². The molecule has 0 aliphatic heterocycles. The molecule has 0 N–H and O–H groups in total. The molecule has 1 heterocycles. The van der Waals surface area contributed by atoms with Crippen LogP contribution in [0.4, 0.5) is 0 Å². The Bertz CT molecular complexity index is 309. The zero-order valence-corrected chi connectivity index (χ0v) is 8.96. The Balaban J connectivity index is 1.88. The fourth-order valence-electron chi connectivity index (χ4n) is 1.64. The largest absolute Gasteiger partial charge is 0.295 e. The monoisotopic (exact) mass is 206 g/mol. The summed E-state index contributed by atoms with van der Waals surface area (Å²) in [6.07, 6.45) is 3.28. The van der Waals surface area contributed by atoms with Crippen molar-refractivity contribution in [3.05, 3.63) is 22.4 Å². The second-order valence-electron chi connectivity index (χ2n) is 3.74. The van der Waals surface area contributed by atoms with Crippen molar-refractivity contribution in [1.82, 2.24) is 4.90 Å². The quantitative estimate of drug-likeness (QED) is 0.740. The first-order valence-corrected chi connectivity index (χ1v) is 5.96. The van der Waals surface area contributed by atoms with Crippen molar-refractivity contribution in [1.29, 1.82) is 5.26 Å². The molecule has 1 aromatic heterocycles. The lowest BCUT2D eigenvalue weighted by atomic mass is 10.3. The van der Waals surface area contributed by atoms with Gasteiger partial charge in [0.2, 0.25) is 0 Å². The molecule has 0 unspecified atom stereocenters. The lowest BCUT2D eigenvalue weighted by molar-refractivity contribution is 0.261. The Morgan fingerprint density at radius 3 is 3.00 bits per heavy atom. The molecule has 2 nitrogen and oxygen atoms in total. The molecule has 0 aromatic carbocycles. The first-order valence-electron chi connectivity index (χ1n) is 5.02. The Morgan fingerprint density at radius 1 is 1.57 bits per heavy atom. The van der Waals surface area contributed by atoms with Crippen molar-refractivity contribution in [2.45, 2.75) is 31.8 Å². The van der Waals surface area contributed by atoms with Gasteiger partial charge in [-0.1, -0.05) is 0 Å². The summed E-state index contributed by atoms with van der Waals surface area (Å²) in [5.74, 6) is 0. The molecule has 74 valence electrons. The minimum atomic E-state index is 0.653. The van der Waals surface area contributed by atoms with Crippen LogP contribution in [0, 0.1) is 11.3 Å². The number of nitrogens with zero attached hydrogens (tertiary/aromatic N) is 2. The number of thiophene rings is 1. The standard InChI is InChI=1S/C11H14N2S/c12-5-1-6-13(11-2-3-11)8-10-4-7-14-9-10/h4,7,9,11H,1-3,6,8H2. The maximum absolute atomic E-state index is 8.57. The molecular formula is C11H14N2S. The Hall–Kier alpha value is -0.850. The fraction of sp³-hybridized carbons (Fsp3) is 0.545. The summed E-state index contributed by atoms with van der Waals surface area (Å²) in [5.41, 5.74) is 1.39. The Kier molecular flexibility index (Phi) is 3.18. The van der Waals surface area contributed by atoms with E-state index in [0.717, 1.165) is 19.1 Å². The molecule has 0 bridgehead atoms. The van der Waals surface area contributed by atoms with E-state index in [2.05, 4.69) is 27.8 Å². The highest BCUT2D eigenvalue weighted by Gasteiger charge is 2.28. The lowest BCUT2D eigenvalue weighted by Gasteiger charge is -2.19. The van der Waals surface area contributed by atoms with Crippen molar-refractivity contribution in [2.75, 3.05) is 6.54 Å². The zero-order chi connectivity index (χ0) is 9.80. The highest BCUT2D eigenvalue weighted by atomic mass is 32.1. The SMILES string of the molecule is N#CCCN(Cc1ccsc1)C1CC1. The molecule has 1 aliphatic rings. The van der Waals surface area contributed by atoms with Gasteiger partial charge in [0.05, 0.1) is 6.07 Å². The van der Waals surface area contributed by atoms with Gasteiger partial charge in [-0.25, -0.2) is 0 Å². The number of hydrogen-bond donors (Lipinski definition) is 0. The zero-order valence-electron chi connectivity index (χ0n) is 8.15. The van der Waals surface area contributed by atoms with Gasteiger partial charge >= 0.3 is 0 Å². The van der Waals surface area contributed by atoms with Crippen molar-refractivity contribution >= 4 is 11.3 Å². The molecular weight excluding hydrogens is 192 g/mol. The van der Waals surface area contributed by atoms with Crippen molar-refractivity contribution in [3.63, 3.8) is 0 Å². The highest BCUT2D eigenvalue weighted by molar-refractivity contribution is 7.07. The molecule has 0 atom stereocenters. The van der Waals surface area contributed by atoms with Gasteiger partial charge in [0.1, 0.15) is 0 Å². The van der Waals surface area contributed by atoms with Gasteiger partial charge in [-0.2, -0.15) is 16.6 Å². The molecule has 14 heavy (non-hydrogen) atoms. The summed E-state index contributed by atoms with van der Waals surface area (Å²) in [7, 11) is 0. The number of nitriles is 1. The van der Waals surface area contributed by atoms with E-state index in [0.29, 0.717) is 6.42 Å². The number of hydrogen-bond acceptors (Lipinski definition) is 3. The maximum atomic E-state index is 8.57. The van der Waals surface area contributed by atoms with E-state index < -0.39 is 0 Å². The van der Waals surface area contributed by atoms with Crippen LogP contribution in [0.25, 0.3) is 0 Å². The van der Waals surface area contributed by atoms with Crippen molar-refractivity contribution < 1.29 is 0 Å². The van der Waals surface area contributed by atoms with E-state index in [1.54, 1.807) is 11.3 Å². The third-order valence-electron chi connectivity index (χ3n) is 2.54. The second kappa shape index (κ2) is 4.59. The van der Waals surface area contributed by atoms with E-state index in [1.807, 2.05) is 0 Å². The van der Waals surface area contributed by atoms with E-state index in [4.69, 9.17) is 5.26 Å². The summed E-state index contributed by atoms with van der Waals surface area (Å²) < 4.78 is 0. The predicted octanol–water partition coefficient (Wildman–Crippen LogP) is 2.63. The molecule has 2 rings (SSSR count). The molecule has 1 aromatic rings. The third kappa shape index (κ3) is 2.57. The van der Waals surface area contributed by atoms with Gasteiger partial charge < -0.3 is 0 Å². The fourth-order valence-corrected chi connectivity index (χ4v) is 2.30. The second-order valence-corrected chi connectivity index (χ2v) is 4.52. The Morgan fingerprint density at radius 2 is 2.43 bits per heavy atom. The first-order chi connectivity index (χ1) is 6.90. The van der Waals surface area contributed by atoms with E-state index in [1.165, 1.54) is 18.4 Å². The van der Waals surface area contributed by atoms with Gasteiger partial charge in [0.25, 0.3) is 0 Å². The summed E-state index contributed by atoms with van der Waals surface area (Å²) in [6, 6.07) is 5.15.